The van der Waals surface area contributed by atoms with Crippen molar-refractivity contribution in [3.8, 4) is 0 Å². The van der Waals surface area contributed by atoms with Gasteiger partial charge in [0.1, 0.15) is 5.76 Å². The Bertz CT molecular complexity index is 716. The number of furan rings is 1. The first-order valence-corrected chi connectivity index (χ1v) is 8.61. The number of aromatic nitrogens is 2. The van der Waals surface area contributed by atoms with Gasteiger partial charge in [-0.2, -0.15) is 4.98 Å². The normalized spacial score (nSPS) is 21.5. The molecule has 2 aromatic heterocycles. The van der Waals surface area contributed by atoms with Crippen LogP contribution in [0, 0.1) is 5.92 Å². The summed E-state index contributed by atoms with van der Waals surface area (Å²) in [5.41, 5.74) is 0. The lowest BCUT2D eigenvalue weighted by Crippen LogP contribution is -2.39. The Balaban J connectivity index is 1.33. The van der Waals surface area contributed by atoms with E-state index in [1.165, 1.54) is 12.8 Å². The van der Waals surface area contributed by atoms with Crippen LogP contribution in [-0.2, 0) is 11.2 Å². The Hall–Kier alpha value is -2.37. The van der Waals surface area contributed by atoms with Crippen LogP contribution in [0.5, 0.6) is 0 Å². The van der Waals surface area contributed by atoms with Crippen LogP contribution in [0.4, 0.5) is 0 Å². The summed E-state index contributed by atoms with van der Waals surface area (Å²) in [7, 11) is 0. The second-order valence-electron chi connectivity index (χ2n) is 6.67. The molecule has 1 aliphatic heterocycles. The van der Waals surface area contributed by atoms with Crippen LogP contribution in [0.25, 0.3) is 6.08 Å². The number of rotatable bonds is 5. The van der Waals surface area contributed by atoms with Crippen molar-refractivity contribution in [3.05, 3.63) is 41.9 Å². The average Bonchev–Trinajstić information content (AvgIpc) is 3.12. The number of carbonyl (C=O) groups excluding carboxylic acids is 1. The summed E-state index contributed by atoms with van der Waals surface area (Å²) in [6.07, 6.45) is 10.1. The van der Waals surface area contributed by atoms with Crippen molar-refractivity contribution in [2.45, 2.75) is 38.0 Å². The first kappa shape index (κ1) is 15.2. The van der Waals surface area contributed by atoms with Crippen molar-refractivity contribution in [1.29, 1.82) is 0 Å². The molecule has 1 amide bonds. The highest BCUT2D eigenvalue weighted by Crippen LogP contribution is 2.38. The summed E-state index contributed by atoms with van der Waals surface area (Å²) < 4.78 is 10.6. The van der Waals surface area contributed by atoms with E-state index < -0.39 is 0 Å². The van der Waals surface area contributed by atoms with Gasteiger partial charge in [-0.15, -0.1) is 0 Å². The molecule has 2 fully saturated rings. The van der Waals surface area contributed by atoms with Crippen LogP contribution in [-0.4, -0.2) is 34.0 Å². The molecule has 0 radical (unpaired) electrons. The van der Waals surface area contributed by atoms with Crippen LogP contribution >= 0.6 is 0 Å². The van der Waals surface area contributed by atoms with Crippen LogP contribution < -0.4 is 0 Å². The Kier molecular flexibility index (Phi) is 4.19. The molecule has 3 heterocycles. The van der Waals surface area contributed by atoms with E-state index in [9.17, 15) is 4.79 Å². The lowest BCUT2D eigenvalue weighted by molar-refractivity contribution is -0.127. The maximum absolute atomic E-state index is 12.3. The van der Waals surface area contributed by atoms with Gasteiger partial charge in [-0.25, -0.2) is 0 Å². The molecule has 1 saturated carbocycles. The Labute approximate surface area is 140 Å². The highest BCUT2D eigenvalue weighted by Gasteiger charge is 2.30. The molecule has 0 N–H and O–H groups in total. The van der Waals surface area contributed by atoms with E-state index in [1.54, 1.807) is 24.5 Å². The Morgan fingerprint density at radius 1 is 1.38 bits per heavy atom. The van der Waals surface area contributed by atoms with Crippen molar-refractivity contribution in [3.63, 3.8) is 0 Å². The molecule has 0 spiro atoms. The molecule has 4 rings (SSSR count). The summed E-state index contributed by atoms with van der Waals surface area (Å²) >= 11 is 0. The third-order valence-electron chi connectivity index (χ3n) is 4.65. The molecular formula is C18H21N3O3. The zero-order chi connectivity index (χ0) is 16.4. The highest BCUT2D eigenvalue weighted by molar-refractivity contribution is 5.91. The number of nitrogens with zero attached hydrogens (tertiary/aromatic N) is 3. The summed E-state index contributed by atoms with van der Waals surface area (Å²) in [6, 6.07) is 3.64. The Morgan fingerprint density at radius 2 is 2.29 bits per heavy atom. The van der Waals surface area contributed by atoms with Crippen LogP contribution in [0.3, 0.4) is 0 Å². The minimum atomic E-state index is 0.0281. The summed E-state index contributed by atoms with van der Waals surface area (Å²) in [4.78, 5) is 18.7. The number of hydrogen-bond acceptors (Lipinski definition) is 5. The number of piperidine rings is 1. The van der Waals surface area contributed by atoms with E-state index in [0.29, 0.717) is 23.5 Å². The summed E-state index contributed by atoms with van der Waals surface area (Å²) in [5.74, 6) is 3.18. The third kappa shape index (κ3) is 3.58. The van der Waals surface area contributed by atoms with Gasteiger partial charge in [0.15, 0.2) is 5.82 Å². The van der Waals surface area contributed by atoms with Gasteiger partial charge < -0.3 is 13.8 Å². The number of carbonyl (C=O) groups is 1. The highest BCUT2D eigenvalue weighted by atomic mass is 16.5. The van der Waals surface area contributed by atoms with Crippen molar-refractivity contribution in [2.75, 3.05) is 13.1 Å². The first-order chi connectivity index (χ1) is 11.8. The van der Waals surface area contributed by atoms with E-state index >= 15 is 0 Å². The van der Waals surface area contributed by atoms with Crippen molar-refractivity contribution < 1.29 is 13.7 Å². The first-order valence-electron chi connectivity index (χ1n) is 8.61. The predicted octanol–water partition coefficient (Wildman–Crippen LogP) is 3.03. The molecule has 2 aromatic rings. The number of amides is 1. The monoisotopic (exact) mass is 327 g/mol. The molecule has 2 aliphatic rings. The van der Waals surface area contributed by atoms with E-state index in [2.05, 4.69) is 10.1 Å². The topological polar surface area (TPSA) is 72.4 Å². The number of hydrogen-bond donors (Lipinski definition) is 0. The fraction of sp³-hybridized carbons (Fsp3) is 0.500. The van der Waals surface area contributed by atoms with Gasteiger partial charge >= 0.3 is 0 Å². The van der Waals surface area contributed by atoms with Crippen LogP contribution in [0.15, 0.2) is 33.4 Å². The molecule has 24 heavy (non-hydrogen) atoms. The van der Waals surface area contributed by atoms with Crippen molar-refractivity contribution in [1.82, 2.24) is 15.0 Å². The number of likely N-dealkylation sites (tertiary alicyclic amines) is 1. The van der Waals surface area contributed by atoms with Gasteiger partial charge in [-0.3, -0.25) is 4.79 Å². The minimum Gasteiger partial charge on any atom is -0.465 e. The largest absolute Gasteiger partial charge is 0.465 e. The van der Waals surface area contributed by atoms with Gasteiger partial charge in [0, 0.05) is 31.5 Å². The zero-order valence-corrected chi connectivity index (χ0v) is 13.6. The van der Waals surface area contributed by atoms with E-state index in [-0.39, 0.29) is 5.91 Å². The van der Waals surface area contributed by atoms with Gasteiger partial charge in [-0.1, -0.05) is 5.16 Å². The lowest BCUT2D eigenvalue weighted by atomic mass is 9.94. The quantitative estimate of drug-likeness (QED) is 0.789. The van der Waals surface area contributed by atoms with Gasteiger partial charge in [0.2, 0.25) is 11.8 Å². The van der Waals surface area contributed by atoms with E-state index in [0.717, 1.165) is 38.2 Å². The maximum atomic E-state index is 12.3. The fourth-order valence-electron chi connectivity index (χ4n) is 3.18. The molecule has 1 saturated heterocycles. The smallest absolute Gasteiger partial charge is 0.246 e. The molecule has 0 bridgehead atoms. The standard InChI is InChI=1S/C18H21N3O3/c22-17(8-7-15-4-2-10-23-15)21-9-1-3-13(12-21)11-16-19-18(20-24-16)14-5-6-14/h2,4,7-8,10,13-14H,1,3,5-6,9,11-12H2/b8-7+/t13-/m0/s1. The molecule has 6 heteroatoms. The van der Waals surface area contributed by atoms with E-state index in [4.69, 9.17) is 8.94 Å². The SMILES string of the molecule is O=C(/C=C/c1ccco1)N1CCC[C@@H](Cc2nc(C3CC3)no2)C1. The maximum Gasteiger partial charge on any atom is 0.246 e. The summed E-state index contributed by atoms with van der Waals surface area (Å²) in [5, 5.41) is 4.07. The zero-order valence-electron chi connectivity index (χ0n) is 13.6. The second kappa shape index (κ2) is 6.63. The minimum absolute atomic E-state index is 0.0281. The Morgan fingerprint density at radius 3 is 3.08 bits per heavy atom. The van der Waals surface area contributed by atoms with E-state index in [1.807, 2.05) is 11.0 Å². The fourth-order valence-corrected chi connectivity index (χ4v) is 3.18. The second-order valence-corrected chi connectivity index (χ2v) is 6.67. The molecule has 126 valence electrons. The van der Waals surface area contributed by atoms with Gasteiger partial charge in [0.25, 0.3) is 0 Å². The summed E-state index contributed by atoms with van der Waals surface area (Å²) in [6.45, 7) is 1.54. The lowest BCUT2D eigenvalue weighted by Gasteiger charge is -2.31. The molecule has 1 atom stereocenters. The third-order valence-corrected chi connectivity index (χ3v) is 4.65. The van der Waals surface area contributed by atoms with Crippen LogP contribution in [0.2, 0.25) is 0 Å². The molecule has 0 aromatic carbocycles. The average molecular weight is 327 g/mol. The predicted molar refractivity (Wildman–Crippen MR) is 87.0 cm³/mol. The van der Waals surface area contributed by atoms with Crippen molar-refractivity contribution in [2.24, 2.45) is 5.92 Å². The van der Waals surface area contributed by atoms with Gasteiger partial charge in [-0.05, 0) is 49.8 Å². The molecule has 0 unspecified atom stereocenters. The molecule has 6 nitrogen and oxygen atoms in total. The molecular weight excluding hydrogens is 306 g/mol. The van der Waals surface area contributed by atoms with Crippen molar-refractivity contribution >= 4 is 12.0 Å². The van der Waals surface area contributed by atoms with Crippen LogP contribution in [0.1, 0.15) is 49.1 Å². The van der Waals surface area contributed by atoms with Gasteiger partial charge in [0.05, 0.1) is 6.26 Å². The molecule has 1 aliphatic carbocycles.